The van der Waals surface area contributed by atoms with Crippen LogP contribution in [0.4, 0.5) is 11.6 Å². The molecule has 4 aromatic rings. The van der Waals surface area contributed by atoms with Crippen molar-refractivity contribution >= 4 is 17.6 Å². The first kappa shape index (κ1) is 24.1. The molecular formula is C25H22N4O7. The highest BCUT2D eigenvalue weighted by Gasteiger charge is 2.15. The second-order valence-electron chi connectivity index (χ2n) is 7.13. The number of benzene rings is 3. The molecule has 2 N–H and O–H groups in total. The Labute approximate surface area is 206 Å². The van der Waals surface area contributed by atoms with Crippen LogP contribution in [0, 0.1) is 0 Å². The van der Waals surface area contributed by atoms with Gasteiger partial charge in [0.05, 0.1) is 26.9 Å². The number of rotatable bonds is 10. The molecule has 0 amide bonds. The first-order chi connectivity index (χ1) is 17.5. The number of methoxy groups -OCH3 is 3. The van der Waals surface area contributed by atoms with Gasteiger partial charge in [0.15, 0.2) is 11.5 Å². The number of carboxylic acid groups (broad SMARTS) is 1. The number of nitrogens with zero attached hydrogens (tertiary/aromatic N) is 3. The predicted molar refractivity (Wildman–Crippen MR) is 129 cm³/mol. The van der Waals surface area contributed by atoms with E-state index in [9.17, 15) is 9.90 Å². The third-order valence-corrected chi connectivity index (χ3v) is 4.80. The van der Waals surface area contributed by atoms with Crippen LogP contribution >= 0.6 is 0 Å². The summed E-state index contributed by atoms with van der Waals surface area (Å²) in [7, 11) is 4.60. The van der Waals surface area contributed by atoms with Crippen LogP contribution in [0.15, 0.2) is 66.7 Å². The molecule has 0 aliphatic carbocycles. The van der Waals surface area contributed by atoms with Gasteiger partial charge >= 0.3 is 18.0 Å². The van der Waals surface area contributed by atoms with E-state index in [1.165, 1.54) is 19.2 Å². The molecule has 0 spiro atoms. The number of anilines is 2. The van der Waals surface area contributed by atoms with Crippen LogP contribution < -0.4 is 29.0 Å². The molecule has 36 heavy (non-hydrogen) atoms. The van der Waals surface area contributed by atoms with Crippen molar-refractivity contribution in [3.63, 3.8) is 0 Å². The molecule has 0 unspecified atom stereocenters. The van der Waals surface area contributed by atoms with Gasteiger partial charge in [0.1, 0.15) is 17.2 Å². The van der Waals surface area contributed by atoms with Gasteiger partial charge in [-0.3, -0.25) is 0 Å². The normalized spacial score (nSPS) is 10.3. The van der Waals surface area contributed by atoms with Gasteiger partial charge in [0.2, 0.25) is 5.95 Å². The van der Waals surface area contributed by atoms with Crippen molar-refractivity contribution < 1.29 is 33.6 Å². The van der Waals surface area contributed by atoms with Gasteiger partial charge in [-0.1, -0.05) is 6.07 Å². The van der Waals surface area contributed by atoms with E-state index in [1.54, 1.807) is 68.8 Å². The highest BCUT2D eigenvalue weighted by molar-refractivity contribution is 5.89. The second-order valence-corrected chi connectivity index (χ2v) is 7.13. The fourth-order valence-corrected chi connectivity index (χ4v) is 3.05. The molecule has 0 radical (unpaired) electrons. The van der Waals surface area contributed by atoms with Crippen molar-refractivity contribution in [3.05, 3.63) is 72.3 Å². The minimum atomic E-state index is -1.06. The Kier molecular flexibility index (Phi) is 7.30. The maximum absolute atomic E-state index is 11.3. The topological polar surface area (TPSA) is 134 Å². The molecule has 0 bridgehead atoms. The molecule has 0 atom stereocenters. The zero-order chi connectivity index (χ0) is 25.5. The molecule has 11 heteroatoms. The number of carbonyl (C=O) groups is 1. The van der Waals surface area contributed by atoms with Crippen molar-refractivity contribution in [2.45, 2.75) is 0 Å². The second kappa shape index (κ2) is 10.9. The Morgan fingerprint density at radius 2 is 1.39 bits per heavy atom. The smallest absolute Gasteiger partial charge is 0.335 e. The summed E-state index contributed by atoms with van der Waals surface area (Å²) in [5, 5.41) is 12.2. The first-order valence-electron chi connectivity index (χ1n) is 10.6. The molecule has 184 valence electrons. The summed E-state index contributed by atoms with van der Waals surface area (Å²) in [4.78, 5) is 24.2. The molecular weight excluding hydrogens is 468 g/mol. The number of hydrogen-bond donors (Lipinski definition) is 2. The van der Waals surface area contributed by atoms with E-state index in [2.05, 4.69) is 20.3 Å². The molecule has 4 rings (SSSR count). The van der Waals surface area contributed by atoms with Crippen molar-refractivity contribution in [3.8, 4) is 40.8 Å². The van der Waals surface area contributed by atoms with Crippen LogP contribution in [-0.2, 0) is 0 Å². The van der Waals surface area contributed by atoms with E-state index < -0.39 is 5.97 Å². The van der Waals surface area contributed by atoms with Crippen LogP contribution in [0.5, 0.6) is 40.8 Å². The Bertz CT molecular complexity index is 1360. The lowest BCUT2D eigenvalue weighted by Gasteiger charge is -2.13. The Morgan fingerprint density at radius 3 is 2.06 bits per heavy atom. The molecule has 0 fully saturated rings. The lowest BCUT2D eigenvalue weighted by atomic mass is 10.2. The van der Waals surface area contributed by atoms with Crippen molar-refractivity contribution in [2.75, 3.05) is 26.6 Å². The number of carboxylic acids is 1. The molecule has 1 heterocycles. The van der Waals surface area contributed by atoms with E-state index in [0.717, 1.165) is 0 Å². The van der Waals surface area contributed by atoms with E-state index in [4.69, 9.17) is 23.7 Å². The Hall–Kier alpha value is -5.06. The van der Waals surface area contributed by atoms with Crippen molar-refractivity contribution in [2.24, 2.45) is 0 Å². The molecule has 0 saturated heterocycles. The van der Waals surface area contributed by atoms with Crippen LogP contribution in [0.3, 0.4) is 0 Å². The average molecular weight is 490 g/mol. The Balaban J connectivity index is 1.68. The van der Waals surface area contributed by atoms with Gasteiger partial charge < -0.3 is 34.1 Å². The van der Waals surface area contributed by atoms with Gasteiger partial charge in [-0.15, -0.1) is 4.98 Å². The first-order valence-corrected chi connectivity index (χ1v) is 10.6. The largest absolute Gasteiger partial charge is 0.497 e. The van der Waals surface area contributed by atoms with E-state index in [0.29, 0.717) is 34.4 Å². The highest BCUT2D eigenvalue weighted by Crippen LogP contribution is 2.34. The SMILES string of the molecule is COc1ccc(Oc2nc(Nc3cccc(C(=O)O)c3)nc(Oc3ccc(OC)cc3OC)n2)cc1. The molecule has 3 aromatic carbocycles. The van der Waals surface area contributed by atoms with Gasteiger partial charge in [0.25, 0.3) is 0 Å². The predicted octanol–water partition coefficient (Wildman–Crippen LogP) is 4.92. The van der Waals surface area contributed by atoms with Crippen LogP contribution in [0.1, 0.15) is 10.4 Å². The summed E-state index contributed by atoms with van der Waals surface area (Å²) in [6.07, 6.45) is 0. The minimum Gasteiger partial charge on any atom is -0.497 e. The number of ether oxygens (including phenoxy) is 5. The van der Waals surface area contributed by atoms with Crippen LogP contribution in [0.25, 0.3) is 0 Å². The fraction of sp³-hybridized carbons (Fsp3) is 0.120. The van der Waals surface area contributed by atoms with E-state index in [-0.39, 0.29) is 23.5 Å². The van der Waals surface area contributed by atoms with Crippen LogP contribution in [-0.4, -0.2) is 47.4 Å². The van der Waals surface area contributed by atoms with Gasteiger partial charge in [-0.2, -0.15) is 9.97 Å². The Morgan fingerprint density at radius 1 is 0.722 bits per heavy atom. The monoisotopic (exact) mass is 490 g/mol. The summed E-state index contributed by atoms with van der Waals surface area (Å²) in [6.45, 7) is 0. The summed E-state index contributed by atoms with van der Waals surface area (Å²) in [6, 6.07) is 17.9. The van der Waals surface area contributed by atoms with Crippen LogP contribution in [0.2, 0.25) is 0 Å². The zero-order valence-electron chi connectivity index (χ0n) is 19.6. The van der Waals surface area contributed by atoms with Crippen molar-refractivity contribution in [1.29, 1.82) is 0 Å². The number of aromatic nitrogens is 3. The van der Waals surface area contributed by atoms with Crippen molar-refractivity contribution in [1.82, 2.24) is 15.0 Å². The van der Waals surface area contributed by atoms with E-state index in [1.807, 2.05) is 0 Å². The zero-order valence-corrected chi connectivity index (χ0v) is 19.6. The molecule has 0 saturated carbocycles. The number of nitrogens with one attached hydrogen (secondary N) is 1. The quantitative estimate of drug-likeness (QED) is 0.313. The molecule has 0 aliphatic rings. The lowest BCUT2D eigenvalue weighted by molar-refractivity contribution is 0.0697. The maximum atomic E-state index is 11.3. The number of aromatic carboxylic acids is 1. The molecule has 11 nitrogen and oxygen atoms in total. The fourth-order valence-electron chi connectivity index (χ4n) is 3.05. The number of hydrogen-bond acceptors (Lipinski definition) is 10. The maximum Gasteiger partial charge on any atom is 0.335 e. The lowest BCUT2D eigenvalue weighted by Crippen LogP contribution is -2.05. The third kappa shape index (κ3) is 5.89. The van der Waals surface area contributed by atoms with Gasteiger partial charge in [-0.05, 0) is 54.6 Å². The van der Waals surface area contributed by atoms with Gasteiger partial charge in [0, 0.05) is 11.8 Å². The summed E-state index contributed by atoms with van der Waals surface area (Å²) < 4.78 is 27.4. The summed E-state index contributed by atoms with van der Waals surface area (Å²) in [5.41, 5.74) is 0.549. The highest BCUT2D eigenvalue weighted by atomic mass is 16.5. The van der Waals surface area contributed by atoms with Gasteiger partial charge in [-0.25, -0.2) is 4.79 Å². The third-order valence-electron chi connectivity index (χ3n) is 4.80. The summed E-state index contributed by atoms with van der Waals surface area (Å²) in [5.74, 6) is 1.43. The standard InChI is InChI=1S/C25H22N4O7/c1-32-17-7-9-18(10-8-17)35-24-27-23(26-16-6-4-5-15(13-16)22(30)31)28-25(29-24)36-20-12-11-19(33-2)14-21(20)34-3/h4-14H,1-3H3,(H,30,31)(H,26,27,28,29). The summed E-state index contributed by atoms with van der Waals surface area (Å²) >= 11 is 0. The van der Waals surface area contributed by atoms with E-state index >= 15 is 0 Å². The molecule has 1 aromatic heterocycles. The minimum absolute atomic E-state index is 0.0606. The molecule has 0 aliphatic heterocycles. The average Bonchev–Trinajstić information content (AvgIpc) is 2.89.